The second kappa shape index (κ2) is 9.88. The molecular weight excluding hydrogens is 324 g/mol. The monoisotopic (exact) mass is 346 g/mol. The summed E-state index contributed by atoms with van der Waals surface area (Å²) in [5, 5.41) is 6.75. The van der Waals surface area contributed by atoms with Crippen molar-refractivity contribution in [1.82, 2.24) is 15.3 Å². The summed E-state index contributed by atoms with van der Waals surface area (Å²) in [6, 6.07) is 7.76. The molecule has 0 saturated carbocycles. The maximum Gasteiger partial charge on any atom is 0.254 e. The lowest BCUT2D eigenvalue weighted by Gasteiger charge is -2.07. The van der Waals surface area contributed by atoms with Crippen molar-refractivity contribution in [2.24, 2.45) is 0 Å². The summed E-state index contributed by atoms with van der Waals surface area (Å²) in [4.78, 5) is 20.3. The highest BCUT2D eigenvalue weighted by molar-refractivity contribution is 6.30. The van der Waals surface area contributed by atoms with Crippen LogP contribution in [0.3, 0.4) is 0 Å². The van der Waals surface area contributed by atoms with Crippen LogP contribution < -0.4 is 10.6 Å². The van der Waals surface area contributed by atoms with Gasteiger partial charge in [-0.15, -0.1) is 0 Å². The van der Waals surface area contributed by atoms with Crippen LogP contribution in [-0.2, 0) is 6.42 Å². The molecule has 0 radical (unpaired) electrons. The van der Waals surface area contributed by atoms with E-state index in [9.17, 15) is 4.79 Å². The van der Waals surface area contributed by atoms with Gasteiger partial charge in [0.15, 0.2) is 0 Å². The molecule has 0 fully saturated rings. The number of nitrogens with one attached hydrogen (secondary N) is 2. The van der Waals surface area contributed by atoms with E-state index in [1.165, 1.54) is 0 Å². The topological polar surface area (TPSA) is 66.9 Å². The van der Waals surface area contributed by atoms with E-state index in [1.54, 1.807) is 12.4 Å². The van der Waals surface area contributed by atoms with E-state index < -0.39 is 0 Å². The Hall–Kier alpha value is -2.14. The van der Waals surface area contributed by atoms with Crippen molar-refractivity contribution >= 4 is 23.5 Å². The third kappa shape index (κ3) is 6.16. The number of hydrogen-bond acceptors (Lipinski definition) is 4. The average Bonchev–Trinajstić information content (AvgIpc) is 2.59. The highest BCUT2D eigenvalue weighted by atomic mass is 35.5. The maximum atomic E-state index is 11.9. The number of carbonyl (C=O) groups is 1. The number of aromatic nitrogens is 2. The van der Waals surface area contributed by atoms with Crippen LogP contribution in [0, 0.1) is 0 Å². The van der Waals surface area contributed by atoms with Crippen LogP contribution in [0.4, 0.5) is 5.95 Å². The third-order valence-corrected chi connectivity index (χ3v) is 3.80. The Labute approximate surface area is 147 Å². The van der Waals surface area contributed by atoms with E-state index in [2.05, 4.69) is 27.5 Å². The van der Waals surface area contributed by atoms with Gasteiger partial charge in [-0.2, -0.15) is 0 Å². The second-order valence-electron chi connectivity index (χ2n) is 5.57. The molecule has 2 aromatic rings. The summed E-state index contributed by atoms with van der Waals surface area (Å²) < 4.78 is 0. The number of unbranched alkanes of at least 4 members (excludes halogenated alkanes) is 2. The van der Waals surface area contributed by atoms with Gasteiger partial charge in [-0.25, -0.2) is 9.97 Å². The van der Waals surface area contributed by atoms with Crippen LogP contribution in [0.25, 0.3) is 0 Å². The van der Waals surface area contributed by atoms with E-state index in [0.29, 0.717) is 24.6 Å². The lowest BCUT2D eigenvalue weighted by atomic mass is 10.1. The standard InChI is InChI=1S/C18H23ClN4O/c1-2-3-4-9-20-17(24)15-12-22-18(23-13-15)21-10-8-14-6-5-7-16(19)11-14/h5-7,11-13H,2-4,8-10H2,1H3,(H,20,24)(H,21,22,23). The van der Waals surface area contributed by atoms with Crippen LogP contribution in [0.15, 0.2) is 36.7 Å². The van der Waals surface area contributed by atoms with Crippen LogP contribution in [0.5, 0.6) is 0 Å². The first-order valence-electron chi connectivity index (χ1n) is 8.27. The fraction of sp³-hybridized carbons (Fsp3) is 0.389. The average molecular weight is 347 g/mol. The van der Waals surface area contributed by atoms with Gasteiger partial charge in [-0.3, -0.25) is 4.79 Å². The fourth-order valence-corrected chi connectivity index (χ4v) is 2.44. The zero-order chi connectivity index (χ0) is 17.2. The van der Waals surface area contributed by atoms with Gasteiger partial charge in [0.05, 0.1) is 5.56 Å². The fourth-order valence-electron chi connectivity index (χ4n) is 2.23. The Bertz CT molecular complexity index is 646. The van der Waals surface area contributed by atoms with Gasteiger partial charge in [-0.1, -0.05) is 43.5 Å². The summed E-state index contributed by atoms with van der Waals surface area (Å²) in [6.07, 6.45) is 7.16. The lowest BCUT2D eigenvalue weighted by molar-refractivity contribution is 0.0952. The first-order chi connectivity index (χ1) is 11.7. The van der Waals surface area contributed by atoms with Gasteiger partial charge < -0.3 is 10.6 Å². The molecule has 128 valence electrons. The Morgan fingerprint density at radius 1 is 1.17 bits per heavy atom. The second-order valence-corrected chi connectivity index (χ2v) is 6.00. The molecule has 1 aromatic heterocycles. The number of amides is 1. The molecule has 0 aliphatic heterocycles. The minimum absolute atomic E-state index is 0.128. The first kappa shape index (κ1) is 18.2. The molecule has 1 amide bonds. The molecule has 0 unspecified atom stereocenters. The Kier molecular flexibility index (Phi) is 7.49. The number of nitrogens with zero attached hydrogens (tertiary/aromatic N) is 2. The van der Waals surface area contributed by atoms with Gasteiger partial charge in [-0.05, 0) is 30.5 Å². The normalized spacial score (nSPS) is 10.4. The number of benzene rings is 1. The molecule has 0 spiro atoms. The zero-order valence-corrected chi connectivity index (χ0v) is 14.6. The minimum atomic E-state index is -0.128. The number of hydrogen-bond donors (Lipinski definition) is 2. The summed E-state index contributed by atoms with van der Waals surface area (Å²) >= 11 is 5.96. The van der Waals surface area contributed by atoms with Gasteiger partial charge in [0, 0.05) is 30.5 Å². The van der Waals surface area contributed by atoms with Gasteiger partial charge in [0.25, 0.3) is 5.91 Å². The molecule has 2 N–H and O–H groups in total. The Morgan fingerprint density at radius 3 is 2.67 bits per heavy atom. The maximum absolute atomic E-state index is 11.9. The molecule has 5 nitrogen and oxygen atoms in total. The third-order valence-electron chi connectivity index (χ3n) is 3.57. The summed E-state index contributed by atoms with van der Waals surface area (Å²) in [5.74, 6) is 0.385. The molecule has 0 atom stereocenters. The van der Waals surface area contributed by atoms with E-state index in [1.807, 2.05) is 24.3 Å². The Balaban J connectivity index is 1.76. The summed E-state index contributed by atoms with van der Waals surface area (Å²) in [7, 11) is 0. The number of carbonyl (C=O) groups excluding carboxylic acids is 1. The molecule has 0 bridgehead atoms. The van der Waals surface area contributed by atoms with Crippen molar-refractivity contribution in [1.29, 1.82) is 0 Å². The highest BCUT2D eigenvalue weighted by Crippen LogP contribution is 2.11. The lowest BCUT2D eigenvalue weighted by Crippen LogP contribution is -2.24. The molecule has 24 heavy (non-hydrogen) atoms. The molecule has 6 heteroatoms. The number of rotatable bonds is 9. The van der Waals surface area contributed by atoms with Crippen molar-refractivity contribution in [3.05, 3.63) is 52.8 Å². The van der Waals surface area contributed by atoms with Crippen LogP contribution in [0.1, 0.15) is 42.1 Å². The van der Waals surface area contributed by atoms with Crippen LogP contribution >= 0.6 is 11.6 Å². The van der Waals surface area contributed by atoms with Crippen molar-refractivity contribution < 1.29 is 4.79 Å². The Morgan fingerprint density at radius 2 is 1.96 bits per heavy atom. The SMILES string of the molecule is CCCCCNC(=O)c1cnc(NCCc2cccc(Cl)c2)nc1. The smallest absolute Gasteiger partial charge is 0.254 e. The molecular formula is C18H23ClN4O. The van der Waals surface area contributed by atoms with Crippen LogP contribution in [0.2, 0.25) is 5.02 Å². The largest absolute Gasteiger partial charge is 0.354 e. The molecule has 0 saturated heterocycles. The van der Waals surface area contributed by atoms with Crippen molar-refractivity contribution in [2.75, 3.05) is 18.4 Å². The van der Waals surface area contributed by atoms with E-state index in [0.717, 1.165) is 36.3 Å². The van der Waals surface area contributed by atoms with Gasteiger partial charge in [0.1, 0.15) is 0 Å². The zero-order valence-electron chi connectivity index (χ0n) is 13.9. The molecule has 0 aliphatic carbocycles. The molecule has 0 aliphatic rings. The summed E-state index contributed by atoms with van der Waals surface area (Å²) in [5.41, 5.74) is 1.63. The van der Waals surface area contributed by atoms with Crippen molar-refractivity contribution in [2.45, 2.75) is 32.6 Å². The minimum Gasteiger partial charge on any atom is -0.354 e. The van der Waals surface area contributed by atoms with E-state index in [-0.39, 0.29) is 5.91 Å². The number of anilines is 1. The predicted octanol–water partition coefficient (Wildman–Crippen LogP) is 3.70. The first-order valence-corrected chi connectivity index (χ1v) is 8.65. The van der Waals surface area contributed by atoms with Gasteiger partial charge >= 0.3 is 0 Å². The quantitative estimate of drug-likeness (QED) is 0.679. The van der Waals surface area contributed by atoms with E-state index in [4.69, 9.17) is 11.6 Å². The van der Waals surface area contributed by atoms with Crippen LogP contribution in [-0.4, -0.2) is 29.0 Å². The number of halogens is 1. The van der Waals surface area contributed by atoms with E-state index >= 15 is 0 Å². The molecule has 2 rings (SSSR count). The summed E-state index contributed by atoms with van der Waals surface area (Å²) in [6.45, 7) is 3.52. The highest BCUT2D eigenvalue weighted by Gasteiger charge is 2.06. The predicted molar refractivity (Wildman–Crippen MR) is 97.5 cm³/mol. The van der Waals surface area contributed by atoms with Crippen molar-refractivity contribution in [3.8, 4) is 0 Å². The van der Waals surface area contributed by atoms with Gasteiger partial charge in [0.2, 0.25) is 5.95 Å². The molecule has 1 heterocycles. The molecule has 1 aromatic carbocycles. The van der Waals surface area contributed by atoms with Crippen molar-refractivity contribution in [3.63, 3.8) is 0 Å².